The summed E-state index contributed by atoms with van der Waals surface area (Å²) in [5.74, 6) is 0.166. The highest BCUT2D eigenvalue weighted by Crippen LogP contribution is 2.29. The van der Waals surface area contributed by atoms with Crippen LogP contribution < -0.4 is 4.18 Å². The highest BCUT2D eigenvalue weighted by molar-refractivity contribution is 7.87. The van der Waals surface area contributed by atoms with Crippen LogP contribution >= 0.6 is 0 Å². The van der Waals surface area contributed by atoms with Crippen molar-refractivity contribution >= 4 is 22.0 Å². The van der Waals surface area contributed by atoms with Gasteiger partial charge in [0.1, 0.15) is 10.6 Å². The summed E-state index contributed by atoms with van der Waals surface area (Å²) in [5, 5.41) is 0. The third kappa shape index (κ3) is 4.80. The number of benzene rings is 2. The predicted molar refractivity (Wildman–Crippen MR) is 106 cm³/mol. The third-order valence-corrected chi connectivity index (χ3v) is 5.21. The highest BCUT2D eigenvalue weighted by atomic mass is 32.2. The van der Waals surface area contributed by atoms with Crippen LogP contribution in [-0.2, 0) is 16.5 Å². The molecule has 0 fully saturated rings. The lowest BCUT2D eigenvalue weighted by Gasteiger charge is -2.09. The zero-order valence-electron chi connectivity index (χ0n) is 15.2. The van der Waals surface area contributed by atoms with Crippen LogP contribution in [0.4, 0.5) is 5.69 Å². The molecule has 0 aliphatic rings. The normalized spacial score (nSPS) is 11.6. The molecule has 0 saturated heterocycles. The Morgan fingerprint density at radius 3 is 2.44 bits per heavy atom. The molecule has 6 heteroatoms. The van der Waals surface area contributed by atoms with E-state index in [9.17, 15) is 8.42 Å². The summed E-state index contributed by atoms with van der Waals surface area (Å²) in [5.41, 5.74) is 3.21. The first-order chi connectivity index (χ1) is 13.0. The maximum atomic E-state index is 12.5. The lowest BCUT2D eigenvalue weighted by molar-refractivity contribution is 0.486. The molecule has 1 aromatic heterocycles. The molecule has 0 atom stereocenters. The Labute approximate surface area is 159 Å². The van der Waals surface area contributed by atoms with Crippen molar-refractivity contribution in [2.75, 3.05) is 0 Å². The van der Waals surface area contributed by atoms with Gasteiger partial charge in [0, 0.05) is 6.20 Å². The Kier molecular flexibility index (Phi) is 5.66. The van der Waals surface area contributed by atoms with E-state index in [0.29, 0.717) is 11.4 Å². The first-order valence-corrected chi connectivity index (χ1v) is 9.98. The monoisotopic (exact) mass is 380 g/mol. The lowest BCUT2D eigenvalue weighted by Crippen LogP contribution is -2.09. The van der Waals surface area contributed by atoms with E-state index in [1.165, 1.54) is 12.1 Å². The van der Waals surface area contributed by atoms with Gasteiger partial charge in [0.05, 0.1) is 11.9 Å². The SMILES string of the molecule is CCc1ccc(C=Nc2ccccc2OS(=O)(=O)c2ccc(C)cc2)nc1. The third-order valence-electron chi connectivity index (χ3n) is 3.97. The average molecular weight is 380 g/mol. The molecule has 3 aromatic rings. The van der Waals surface area contributed by atoms with Gasteiger partial charge in [-0.15, -0.1) is 0 Å². The number of pyridine rings is 1. The molecule has 2 aromatic carbocycles. The number of aliphatic imine (C=N–C) groups is 1. The number of hydrogen-bond donors (Lipinski definition) is 0. The molecule has 27 heavy (non-hydrogen) atoms. The van der Waals surface area contributed by atoms with E-state index < -0.39 is 10.1 Å². The molecular formula is C21H20N2O3S. The standard InChI is InChI=1S/C21H20N2O3S/c1-3-17-10-11-18(22-14-17)15-23-20-6-4-5-7-21(20)26-27(24,25)19-12-8-16(2)9-13-19/h4-15H,3H2,1-2H3. The highest BCUT2D eigenvalue weighted by Gasteiger charge is 2.18. The Hall–Kier alpha value is -2.99. The van der Waals surface area contributed by atoms with Crippen LogP contribution in [0.1, 0.15) is 23.7 Å². The molecule has 0 N–H and O–H groups in total. The number of nitrogens with zero attached hydrogens (tertiary/aromatic N) is 2. The molecule has 0 aliphatic carbocycles. The van der Waals surface area contributed by atoms with Gasteiger partial charge in [-0.1, -0.05) is 42.8 Å². The number of rotatable bonds is 6. The van der Waals surface area contributed by atoms with E-state index >= 15 is 0 Å². The summed E-state index contributed by atoms with van der Waals surface area (Å²) < 4.78 is 30.4. The van der Waals surface area contributed by atoms with Gasteiger partial charge in [0.25, 0.3) is 0 Å². The van der Waals surface area contributed by atoms with Crippen LogP contribution in [-0.4, -0.2) is 19.6 Å². The van der Waals surface area contributed by atoms with Gasteiger partial charge in [-0.2, -0.15) is 8.42 Å². The topological polar surface area (TPSA) is 68.6 Å². The summed E-state index contributed by atoms with van der Waals surface area (Å²) in [6, 6.07) is 17.1. The van der Waals surface area contributed by atoms with Crippen molar-refractivity contribution in [1.82, 2.24) is 4.98 Å². The van der Waals surface area contributed by atoms with Gasteiger partial charge in [0.15, 0.2) is 5.75 Å². The zero-order valence-corrected chi connectivity index (χ0v) is 16.0. The summed E-state index contributed by atoms with van der Waals surface area (Å²) in [6.07, 6.45) is 4.30. The predicted octanol–water partition coefficient (Wildman–Crippen LogP) is 4.47. The first-order valence-electron chi connectivity index (χ1n) is 8.57. The molecule has 0 amide bonds. The van der Waals surface area contributed by atoms with E-state index in [1.807, 2.05) is 19.1 Å². The van der Waals surface area contributed by atoms with Crippen molar-refractivity contribution in [3.8, 4) is 5.75 Å². The van der Waals surface area contributed by atoms with Crippen molar-refractivity contribution < 1.29 is 12.6 Å². The Morgan fingerprint density at radius 1 is 1.04 bits per heavy atom. The first kappa shape index (κ1) is 18.8. The Morgan fingerprint density at radius 2 is 1.78 bits per heavy atom. The zero-order chi connectivity index (χ0) is 19.3. The van der Waals surface area contributed by atoms with Crippen LogP contribution in [0.25, 0.3) is 0 Å². The summed E-state index contributed by atoms with van der Waals surface area (Å²) in [6.45, 7) is 3.95. The molecule has 0 aliphatic heterocycles. The van der Waals surface area contributed by atoms with Gasteiger partial charge in [-0.05, 0) is 49.2 Å². The minimum Gasteiger partial charge on any atom is -0.377 e. The molecule has 0 spiro atoms. The van der Waals surface area contributed by atoms with E-state index in [-0.39, 0.29) is 10.6 Å². The molecule has 0 radical (unpaired) electrons. The van der Waals surface area contributed by atoms with Gasteiger partial charge >= 0.3 is 10.1 Å². The fraction of sp³-hybridized carbons (Fsp3) is 0.143. The van der Waals surface area contributed by atoms with Crippen LogP contribution in [0.15, 0.2) is 76.7 Å². The Balaban J connectivity index is 1.85. The van der Waals surface area contributed by atoms with Crippen LogP contribution in [0.2, 0.25) is 0 Å². The minimum absolute atomic E-state index is 0.101. The van der Waals surface area contributed by atoms with Crippen molar-refractivity contribution in [1.29, 1.82) is 0 Å². The molecule has 0 bridgehead atoms. The molecule has 138 valence electrons. The van der Waals surface area contributed by atoms with Crippen molar-refractivity contribution in [2.24, 2.45) is 4.99 Å². The van der Waals surface area contributed by atoms with Crippen LogP contribution in [0.3, 0.4) is 0 Å². The lowest BCUT2D eigenvalue weighted by atomic mass is 10.2. The van der Waals surface area contributed by atoms with Gasteiger partial charge < -0.3 is 4.18 Å². The van der Waals surface area contributed by atoms with E-state index in [2.05, 4.69) is 16.9 Å². The smallest absolute Gasteiger partial charge is 0.339 e. The van der Waals surface area contributed by atoms with Gasteiger partial charge in [-0.25, -0.2) is 0 Å². The summed E-state index contributed by atoms with van der Waals surface area (Å²) in [7, 11) is -3.93. The maximum absolute atomic E-state index is 12.5. The van der Waals surface area contributed by atoms with E-state index in [0.717, 1.165) is 17.5 Å². The van der Waals surface area contributed by atoms with Gasteiger partial charge in [0.2, 0.25) is 0 Å². The van der Waals surface area contributed by atoms with Crippen molar-refractivity contribution in [3.63, 3.8) is 0 Å². The average Bonchev–Trinajstić information content (AvgIpc) is 2.68. The molecule has 5 nitrogen and oxygen atoms in total. The van der Waals surface area contributed by atoms with Crippen molar-refractivity contribution in [2.45, 2.75) is 25.2 Å². The molecule has 0 saturated carbocycles. The van der Waals surface area contributed by atoms with Crippen LogP contribution in [0.5, 0.6) is 5.75 Å². The van der Waals surface area contributed by atoms with E-state index in [1.54, 1.807) is 48.8 Å². The molecule has 1 heterocycles. The second kappa shape index (κ2) is 8.14. The van der Waals surface area contributed by atoms with E-state index in [4.69, 9.17) is 4.18 Å². The molecule has 3 rings (SSSR count). The summed E-state index contributed by atoms with van der Waals surface area (Å²) in [4.78, 5) is 8.76. The second-order valence-corrected chi connectivity index (χ2v) is 7.57. The number of aryl methyl sites for hydroxylation is 2. The van der Waals surface area contributed by atoms with Crippen molar-refractivity contribution in [3.05, 3.63) is 83.7 Å². The number of para-hydroxylation sites is 2. The number of hydrogen-bond acceptors (Lipinski definition) is 5. The Bertz CT molecular complexity index is 1040. The minimum atomic E-state index is -3.93. The van der Waals surface area contributed by atoms with Crippen LogP contribution in [0, 0.1) is 6.92 Å². The molecule has 0 unspecified atom stereocenters. The maximum Gasteiger partial charge on any atom is 0.339 e. The summed E-state index contributed by atoms with van der Waals surface area (Å²) >= 11 is 0. The number of aromatic nitrogens is 1. The van der Waals surface area contributed by atoms with Gasteiger partial charge in [-0.3, -0.25) is 9.98 Å². The quantitative estimate of drug-likeness (QED) is 0.467. The second-order valence-electron chi connectivity index (χ2n) is 6.02. The largest absolute Gasteiger partial charge is 0.377 e. The molecular weight excluding hydrogens is 360 g/mol. The fourth-order valence-corrected chi connectivity index (χ4v) is 3.31. The fourth-order valence-electron chi connectivity index (χ4n) is 2.36.